The first kappa shape index (κ1) is 10.3. The maximum absolute atomic E-state index is 12.2. The molecule has 0 atom stereocenters. The van der Waals surface area contributed by atoms with Gasteiger partial charge < -0.3 is 0 Å². The molecule has 0 amide bonds. The molecule has 0 saturated carbocycles. The monoisotopic (exact) mass is 210 g/mol. The van der Waals surface area contributed by atoms with E-state index in [0.29, 0.717) is 0 Å². The van der Waals surface area contributed by atoms with Gasteiger partial charge in [0.25, 0.3) is 0 Å². The lowest BCUT2D eigenvalue weighted by Gasteiger charge is -2.09. The van der Waals surface area contributed by atoms with E-state index in [1.807, 2.05) is 0 Å². The van der Waals surface area contributed by atoms with Crippen molar-refractivity contribution in [1.82, 2.24) is 4.98 Å². The highest BCUT2D eigenvalue weighted by molar-refractivity contribution is 6.32. The molecule has 2 nitrogen and oxygen atoms in total. The Kier molecular flexibility index (Phi) is 2.77. The zero-order valence-electron chi connectivity index (χ0n) is 6.23. The zero-order chi connectivity index (χ0) is 10.1. The standard InChI is InChI=1S/C7H4ClF3NO/c8-6-4(7(9,10)11)1-2-12-5(6)3-13/h1-2H,3H2. The topological polar surface area (TPSA) is 32.8 Å². The van der Waals surface area contributed by atoms with Crippen LogP contribution in [-0.2, 0) is 17.9 Å². The molecule has 1 rings (SSSR count). The minimum atomic E-state index is -4.54. The van der Waals surface area contributed by atoms with Gasteiger partial charge in [-0.3, -0.25) is 4.98 Å². The molecule has 0 aliphatic carbocycles. The SMILES string of the molecule is [O]Cc1nccc(C(F)(F)F)c1Cl. The second-order valence-electron chi connectivity index (χ2n) is 2.26. The van der Waals surface area contributed by atoms with Crippen molar-refractivity contribution in [3.63, 3.8) is 0 Å². The summed E-state index contributed by atoms with van der Waals surface area (Å²) in [5.74, 6) is 0. The first-order valence-corrected chi connectivity index (χ1v) is 3.63. The number of pyridine rings is 1. The van der Waals surface area contributed by atoms with Gasteiger partial charge in [0.15, 0.2) is 0 Å². The molecule has 1 aromatic heterocycles. The number of hydrogen-bond acceptors (Lipinski definition) is 1. The fourth-order valence-corrected chi connectivity index (χ4v) is 1.08. The number of hydrogen-bond donors (Lipinski definition) is 0. The summed E-state index contributed by atoms with van der Waals surface area (Å²) in [7, 11) is 0. The Bertz CT molecular complexity index is 313. The first-order valence-electron chi connectivity index (χ1n) is 3.25. The summed E-state index contributed by atoms with van der Waals surface area (Å²) in [6.45, 7) is -0.858. The van der Waals surface area contributed by atoms with Crippen molar-refractivity contribution < 1.29 is 18.3 Å². The molecule has 1 radical (unpaired) electrons. The van der Waals surface area contributed by atoms with Crippen LogP contribution >= 0.6 is 11.6 Å². The first-order chi connectivity index (χ1) is 5.96. The van der Waals surface area contributed by atoms with E-state index in [9.17, 15) is 18.3 Å². The Balaban J connectivity index is 3.24. The van der Waals surface area contributed by atoms with Gasteiger partial charge in [-0.25, -0.2) is 5.11 Å². The Labute approximate surface area is 77.0 Å². The average Bonchev–Trinajstić information content (AvgIpc) is 2.02. The molecule has 0 aliphatic heterocycles. The molecule has 6 heteroatoms. The molecule has 71 valence electrons. The smallest absolute Gasteiger partial charge is 0.257 e. The van der Waals surface area contributed by atoms with Crippen LogP contribution < -0.4 is 0 Å². The molecule has 1 heterocycles. The van der Waals surface area contributed by atoms with Crippen molar-refractivity contribution in [2.24, 2.45) is 0 Å². The van der Waals surface area contributed by atoms with Gasteiger partial charge in [0, 0.05) is 6.20 Å². The van der Waals surface area contributed by atoms with Gasteiger partial charge in [-0.15, -0.1) is 0 Å². The van der Waals surface area contributed by atoms with Gasteiger partial charge in [-0.1, -0.05) is 11.6 Å². The van der Waals surface area contributed by atoms with Crippen LogP contribution in [0.4, 0.5) is 13.2 Å². The summed E-state index contributed by atoms with van der Waals surface area (Å²) in [4.78, 5) is 3.43. The molecule has 0 spiro atoms. The van der Waals surface area contributed by atoms with E-state index in [1.165, 1.54) is 0 Å². The molecule has 0 aromatic carbocycles. The number of aromatic nitrogens is 1. The van der Waals surface area contributed by atoms with Crippen molar-refractivity contribution in [2.45, 2.75) is 12.8 Å². The van der Waals surface area contributed by atoms with E-state index in [4.69, 9.17) is 11.6 Å². The predicted octanol–water partition coefficient (Wildman–Crippen LogP) is 2.68. The van der Waals surface area contributed by atoms with Gasteiger partial charge in [0.05, 0.1) is 16.3 Å². The van der Waals surface area contributed by atoms with E-state index in [0.717, 1.165) is 12.3 Å². The maximum Gasteiger partial charge on any atom is 0.417 e. The van der Waals surface area contributed by atoms with Gasteiger partial charge in [0.2, 0.25) is 0 Å². The van der Waals surface area contributed by atoms with Crippen molar-refractivity contribution in [1.29, 1.82) is 0 Å². The van der Waals surface area contributed by atoms with E-state index in [1.54, 1.807) is 0 Å². The quantitative estimate of drug-likeness (QED) is 0.701. The van der Waals surface area contributed by atoms with Crippen LogP contribution in [0.25, 0.3) is 0 Å². The highest BCUT2D eigenvalue weighted by Crippen LogP contribution is 2.35. The largest absolute Gasteiger partial charge is 0.417 e. The molecule has 0 N–H and O–H groups in total. The second kappa shape index (κ2) is 3.51. The summed E-state index contributed by atoms with van der Waals surface area (Å²) in [6.07, 6.45) is -3.62. The van der Waals surface area contributed by atoms with Crippen molar-refractivity contribution in [3.05, 3.63) is 28.5 Å². The number of rotatable bonds is 1. The Hall–Kier alpha value is -0.810. The second-order valence-corrected chi connectivity index (χ2v) is 2.64. The molecule has 0 saturated heterocycles. The van der Waals surface area contributed by atoms with E-state index in [-0.39, 0.29) is 5.69 Å². The minimum absolute atomic E-state index is 0.281. The molecule has 13 heavy (non-hydrogen) atoms. The number of alkyl halides is 3. The lowest BCUT2D eigenvalue weighted by Crippen LogP contribution is -2.07. The van der Waals surface area contributed by atoms with E-state index < -0.39 is 23.4 Å². The lowest BCUT2D eigenvalue weighted by atomic mass is 10.2. The third-order valence-electron chi connectivity index (χ3n) is 1.40. The predicted molar refractivity (Wildman–Crippen MR) is 38.6 cm³/mol. The normalized spacial score (nSPS) is 11.8. The van der Waals surface area contributed by atoms with E-state index >= 15 is 0 Å². The van der Waals surface area contributed by atoms with Crippen LogP contribution in [0, 0.1) is 0 Å². The molecule has 0 aliphatic rings. The molecule has 0 fully saturated rings. The summed E-state index contributed by atoms with van der Waals surface area (Å²) in [5, 5.41) is 9.71. The molecule has 1 aromatic rings. The zero-order valence-corrected chi connectivity index (χ0v) is 6.99. The van der Waals surface area contributed by atoms with Crippen molar-refractivity contribution in [3.8, 4) is 0 Å². The highest BCUT2D eigenvalue weighted by Gasteiger charge is 2.34. The Morgan fingerprint density at radius 3 is 2.54 bits per heavy atom. The van der Waals surface area contributed by atoms with Crippen molar-refractivity contribution in [2.75, 3.05) is 0 Å². The molecule has 0 unspecified atom stereocenters. The van der Waals surface area contributed by atoms with Gasteiger partial charge in [-0.05, 0) is 6.07 Å². The van der Waals surface area contributed by atoms with Gasteiger partial charge in [0.1, 0.15) is 6.61 Å². The fraction of sp³-hybridized carbons (Fsp3) is 0.286. The average molecular weight is 211 g/mol. The van der Waals surface area contributed by atoms with Gasteiger partial charge >= 0.3 is 6.18 Å². The Morgan fingerprint density at radius 2 is 2.08 bits per heavy atom. The summed E-state index contributed by atoms with van der Waals surface area (Å²) in [5.41, 5.74) is -1.30. The molecular weight excluding hydrogens is 207 g/mol. The highest BCUT2D eigenvalue weighted by atomic mass is 35.5. The summed E-state index contributed by atoms with van der Waals surface area (Å²) in [6, 6.07) is 0.738. The minimum Gasteiger partial charge on any atom is -0.257 e. The van der Waals surface area contributed by atoms with Crippen molar-refractivity contribution >= 4 is 11.6 Å². The maximum atomic E-state index is 12.2. The lowest BCUT2D eigenvalue weighted by molar-refractivity contribution is -0.137. The van der Waals surface area contributed by atoms with Crippen LogP contribution in [-0.4, -0.2) is 4.98 Å². The molecule has 0 bridgehead atoms. The van der Waals surface area contributed by atoms with Crippen LogP contribution in [0.5, 0.6) is 0 Å². The van der Waals surface area contributed by atoms with Crippen LogP contribution in [0.3, 0.4) is 0 Å². The Morgan fingerprint density at radius 1 is 1.46 bits per heavy atom. The summed E-state index contributed by atoms with van der Waals surface area (Å²) >= 11 is 5.31. The van der Waals surface area contributed by atoms with E-state index in [2.05, 4.69) is 4.98 Å². The van der Waals surface area contributed by atoms with Crippen LogP contribution in [0.15, 0.2) is 12.3 Å². The summed E-state index contributed by atoms with van der Waals surface area (Å²) < 4.78 is 36.5. The number of nitrogens with zero attached hydrogens (tertiary/aromatic N) is 1. The molecular formula is C7H4ClF3NO. The van der Waals surface area contributed by atoms with Crippen LogP contribution in [0.1, 0.15) is 11.3 Å². The third kappa shape index (κ3) is 2.10. The van der Waals surface area contributed by atoms with Gasteiger partial charge in [-0.2, -0.15) is 13.2 Å². The fourth-order valence-electron chi connectivity index (χ4n) is 0.807. The van der Waals surface area contributed by atoms with Crippen LogP contribution in [0.2, 0.25) is 5.02 Å². The number of halogens is 4. The third-order valence-corrected chi connectivity index (χ3v) is 1.83.